The zero-order valence-corrected chi connectivity index (χ0v) is 33.1. The molecule has 58 heavy (non-hydrogen) atoms. The van der Waals surface area contributed by atoms with Crippen LogP contribution in [0.3, 0.4) is 0 Å². The molecule has 4 aromatic heterocycles. The maximum atomic E-state index is 4.73. The van der Waals surface area contributed by atoms with E-state index in [1.165, 1.54) is 42.1 Å². The molecule has 0 radical (unpaired) electrons. The summed E-state index contributed by atoms with van der Waals surface area (Å²) in [4.78, 5) is 9.45. The molecule has 276 valence electrons. The third-order valence-corrected chi connectivity index (χ3v) is 12.1. The molecule has 4 heterocycles. The van der Waals surface area contributed by atoms with Crippen molar-refractivity contribution in [1.29, 1.82) is 0 Å². The molecular weight excluding hydrogens is 723 g/mol. The number of benzene rings is 7. The predicted octanol–water partition coefficient (Wildman–Crippen LogP) is 15.3. The van der Waals surface area contributed by atoms with E-state index in [0.29, 0.717) is 0 Å². The van der Waals surface area contributed by atoms with Gasteiger partial charge in [-0.05, 0) is 112 Å². The van der Waals surface area contributed by atoms with E-state index >= 15 is 0 Å². The summed E-state index contributed by atoms with van der Waals surface area (Å²) in [7, 11) is 0. The topological polar surface area (TPSA) is 30.7 Å². The molecule has 0 aliphatic carbocycles. The minimum atomic E-state index is 0.964. The summed E-state index contributed by atoms with van der Waals surface area (Å²) in [6, 6.07) is 67.7. The lowest BCUT2D eigenvalue weighted by atomic mass is 9.94. The van der Waals surface area contributed by atoms with Crippen LogP contribution in [0.25, 0.3) is 104 Å². The molecule has 0 aliphatic rings. The van der Waals surface area contributed by atoms with Crippen LogP contribution in [0, 0.1) is 0 Å². The lowest BCUT2D eigenvalue weighted by molar-refractivity contribution is 1.19. The summed E-state index contributed by atoms with van der Waals surface area (Å²) in [5, 5.41) is 4.96. The molecule has 11 rings (SSSR count). The van der Waals surface area contributed by atoms with Gasteiger partial charge in [0.1, 0.15) is 0 Å². The van der Waals surface area contributed by atoms with E-state index < -0.39 is 0 Å². The van der Waals surface area contributed by atoms with Gasteiger partial charge in [-0.15, -0.1) is 11.3 Å². The smallest absolute Gasteiger partial charge is 0.0708 e. The summed E-state index contributed by atoms with van der Waals surface area (Å²) in [6.07, 6.45) is 3.73. The third-order valence-electron chi connectivity index (χ3n) is 10.9. The van der Waals surface area contributed by atoms with E-state index in [1.807, 2.05) is 49.7 Å². The molecule has 4 heteroatoms. The van der Waals surface area contributed by atoms with E-state index in [4.69, 9.17) is 9.97 Å². The van der Waals surface area contributed by atoms with Crippen molar-refractivity contribution in [2.75, 3.05) is 0 Å². The maximum Gasteiger partial charge on any atom is 0.0708 e. The monoisotopic (exact) mass is 761 g/mol. The van der Waals surface area contributed by atoms with Crippen molar-refractivity contribution in [3.8, 4) is 61.6 Å². The van der Waals surface area contributed by atoms with Crippen LogP contribution in [0.2, 0.25) is 0 Å². The van der Waals surface area contributed by atoms with Gasteiger partial charge >= 0.3 is 0 Å². The number of pyridine rings is 2. The molecule has 0 aliphatic heterocycles. The van der Waals surface area contributed by atoms with E-state index in [-0.39, 0.29) is 0 Å². The minimum Gasteiger partial charge on any atom is -0.309 e. The molecule has 3 nitrogen and oxygen atoms in total. The second-order valence-electron chi connectivity index (χ2n) is 14.2. The Morgan fingerprint density at radius 2 is 0.828 bits per heavy atom. The Balaban J connectivity index is 0.00000201. The first-order valence-corrected chi connectivity index (χ1v) is 20.7. The molecule has 0 unspecified atom stereocenters. The Labute approximate surface area is 342 Å². The molecular formula is C54H39N3S. The molecule has 0 fully saturated rings. The Kier molecular flexibility index (Phi) is 9.17. The van der Waals surface area contributed by atoms with Crippen LogP contribution in [0.15, 0.2) is 200 Å². The van der Waals surface area contributed by atoms with Gasteiger partial charge in [-0.3, -0.25) is 9.97 Å². The number of aromatic nitrogens is 3. The first-order valence-electron chi connectivity index (χ1n) is 19.9. The van der Waals surface area contributed by atoms with Crippen molar-refractivity contribution >= 4 is 53.3 Å². The predicted molar refractivity (Wildman–Crippen MR) is 248 cm³/mol. The van der Waals surface area contributed by atoms with Crippen LogP contribution in [0.5, 0.6) is 0 Å². The first kappa shape index (κ1) is 35.3. The maximum absolute atomic E-state index is 4.73. The summed E-state index contributed by atoms with van der Waals surface area (Å²) in [6.45, 7) is 4.00. The largest absolute Gasteiger partial charge is 0.309 e. The fourth-order valence-corrected chi connectivity index (χ4v) is 9.38. The summed E-state index contributed by atoms with van der Waals surface area (Å²) in [5.41, 5.74) is 14.7. The minimum absolute atomic E-state index is 0.964. The van der Waals surface area contributed by atoms with Gasteiger partial charge in [-0.25, -0.2) is 0 Å². The van der Waals surface area contributed by atoms with Gasteiger partial charge in [-0.1, -0.05) is 123 Å². The third kappa shape index (κ3) is 6.15. The Morgan fingerprint density at radius 3 is 1.38 bits per heavy atom. The number of hydrogen-bond acceptors (Lipinski definition) is 3. The van der Waals surface area contributed by atoms with Gasteiger partial charge in [0.25, 0.3) is 0 Å². The van der Waals surface area contributed by atoms with Gasteiger partial charge in [-0.2, -0.15) is 0 Å². The molecule has 7 aromatic carbocycles. The number of nitrogens with zero attached hydrogens (tertiary/aromatic N) is 3. The highest BCUT2D eigenvalue weighted by Crippen LogP contribution is 2.42. The molecule has 0 saturated heterocycles. The molecule has 0 amide bonds. The van der Waals surface area contributed by atoms with Crippen molar-refractivity contribution in [2.45, 2.75) is 13.8 Å². The van der Waals surface area contributed by atoms with Crippen LogP contribution >= 0.6 is 11.3 Å². The molecule has 0 saturated carbocycles. The Hall–Kier alpha value is -7.14. The molecule has 0 bridgehead atoms. The van der Waals surface area contributed by atoms with Gasteiger partial charge in [0.2, 0.25) is 0 Å². The van der Waals surface area contributed by atoms with Gasteiger partial charge in [0.05, 0.1) is 22.4 Å². The number of hydrogen-bond donors (Lipinski definition) is 0. The van der Waals surface area contributed by atoms with E-state index in [2.05, 4.69) is 180 Å². The van der Waals surface area contributed by atoms with Gasteiger partial charge in [0.15, 0.2) is 0 Å². The van der Waals surface area contributed by atoms with E-state index in [1.54, 1.807) is 0 Å². The normalized spacial score (nSPS) is 11.3. The highest BCUT2D eigenvalue weighted by molar-refractivity contribution is 7.25. The van der Waals surface area contributed by atoms with Crippen molar-refractivity contribution in [1.82, 2.24) is 14.5 Å². The molecule has 0 spiro atoms. The van der Waals surface area contributed by atoms with Crippen molar-refractivity contribution in [3.05, 3.63) is 200 Å². The lowest BCUT2D eigenvalue weighted by Gasteiger charge is -2.11. The zero-order valence-electron chi connectivity index (χ0n) is 32.3. The van der Waals surface area contributed by atoms with Gasteiger partial charge in [0, 0.05) is 60.2 Å². The van der Waals surface area contributed by atoms with Crippen LogP contribution in [-0.4, -0.2) is 14.5 Å². The standard InChI is InChI=1S/C52H33N3S.C2H6/c1-2-12-34(13-3-1)35-22-26-51-45(30-35)46-33-38(23-27-52(46)56-51)55-49-24-20-36(39-14-4-6-16-41(39)47-18-8-10-28-53-47)31-43(49)44-32-37(21-25-50(44)55)40-15-5-7-17-42(40)48-19-9-11-29-54-48;1-2/h1-33H;1-2H3. The van der Waals surface area contributed by atoms with Crippen molar-refractivity contribution < 1.29 is 0 Å². The van der Waals surface area contributed by atoms with E-state index in [9.17, 15) is 0 Å². The lowest BCUT2D eigenvalue weighted by Crippen LogP contribution is -1.94. The SMILES string of the molecule is CC.c1ccc(-c2ccc3sc4ccc(-n5c6ccc(-c7ccccc7-c7ccccn7)cc6c6cc(-c7ccccc7-c7ccccn7)ccc65)cc4c3c2)cc1. The van der Waals surface area contributed by atoms with Crippen molar-refractivity contribution in [3.63, 3.8) is 0 Å². The number of fused-ring (bicyclic) bond motifs is 6. The zero-order chi connectivity index (χ0) is 39.0. The first-order chi connectivity index (χ1) is 28.8. The quantitative estimate of drug-likeness (QED) is 0.169. The van der Waals surface area contributed by atoms with Crippen LogP contribution in [0.1, 0.15) is 13.8 Å². The average Bonchev–Trinajstić information content (AvgIpc) is 3.84. The average molecular weight is 762 g/mol. The number of rotatable bonds is 6. The second kappa shape index (κ2) is 15.1. The second-order valence-corrected chi connectivity index (χ2v) is 15.3. The highest BCUT2D eigenvalue weighted by atomic mass is 32.1. The molecule has 0 N–H and O–H groups in total. The molecule has 0 atom stereocenters. The van der Waals surface area contributed by atoms with Crippen molar-refractivity contribution in [2.24, 2.45) is 0 Å². The van der Waals surface area contributed by atoms with Crippen LogP contribution in [-0.2, 0) is 0 Å². The highest BCUT2D eigenvalue weighted by Gasteiger charge is 2.18. The Bertz CT molecular complexity index is 3100. The molecule has 11 aromatic rings. The van der Waals surface area contributed by atoms with Gasteiger partial charge < -0.3 is 4.57 Å². The fourth-order valence-electron chi connectivity index (χ4n) is 8.31. The number of thiophene rings is 1. The van der Waals surface area contributed by atoms with Crippen LogP contribution < -0.4 is 0 Å². The van der Waals surface area contributed by atoms with Crippen LogP contribution in [0.4, 0.5) is 0 Å². The Morgan fingerprint density at radius 1 is 0.362 bits per heavy atom. The summed E-state index contributed by atoms with van der Waals surface area (Å²) < 4.78 is 5.03. The summed E-state index contributed by atoms with van der Waals surface area (Å²) >= 11 is 1.86. The summed E-state index contributed by atoms with van der Waals surface area (Å²) in [5.74, 6) is 0. The fraction of sp³-hybridized carbons (Fsp3) is 0.0370. The van der Waals surface area contributed by atoms with E-state index in [0.717, 1.165) is 61.5 Å².